The van der Waals surface area contributed by atoms with Crippen molar-refractivity contribution in [3.8, 4) is 23.6 Å². The highest BCUT2D eigenvalue weighted by atomic mass is 16.5. The number of rotatable bonds is 0. The Morgan fingerprint density at radius 2 is 1.08 bits per heavy atom. The minimum atomic E-state index is -0.184. The summed E-state index contributed by atoms with van der Waals surface area (Å²) in [5.41, 5.74) is 8.37. The zero-order valence-corrected chi connectivity index (χ0v) is 30.3. The summed E-state index contributed by atoms with van der Waals surface area (Å²) in [6, 6.07) is 15.4. The van der Waals surface area contributed by atoms with Crippen LogP contribution in [0.5, 0.6) is 11.5 Å². The van der Waals surface area contributed by atoms with Gasteiger partial charge in [-0.05, 0) is 102 Å². The molecule has 2 aromatic rings. The standard InChI is InChI=1S/2C22H24N2O/c2*1-13-4-5-14-10-16-21-7-6-20(2,15(11-21)12-23)19-22(21,8-9-24(16)3)17(14)18(13)25-19/h2*4-7,15-16,19H,8-11H2,1-3H3/t15-,16+,19-,20-,21+,22-;15-,16-,19+,20+,21-,22+/m01/s1. The number of piperidine rings is 2. The van der Waals surface area contributed by atoms with Crippen molar-refractivity contribution in [1.29, 1.82) is 10.5 Å². The van der Waals surface area contributed by atoms with Crippen LogP contribution >= 0.6 is 0 Å². The van der Waals surface area contributed by atoms with Gasteiger partial charge in [0.25, 0.3) is 0 Å². The highest BCUT2D eigenvalue weighted by Crippen LogP contribution is 2.77. The zero-order valence-electron chi connectivity index (χ0n) is 30.3. The Bertz CT molecular complexity index is 1940. The van der Waals surface area contributed by atoms with Crippen LogP contribution in [-0.4, -0.2) is 61.3 Å². The molecule has 0 aromatic heterocycles. The smallest absolute Gasteiger partial charge is 0.126 e. The molecule has 4 fully saturated rings. The van der Waals surface area contributed by atoms with Crippen LogP contribution in [0.25, 0.3) is 0 Å². The normalized spacial score (nSPS) is 48.0. The number of benzene rings is 2. The molecule has 4 spiro atoms. The van der Waals surface area contributed by atoms with Gasteiger partial charge in [0.05, 0.1) is 24.0 Å². The van der Waals surface area contributed by atoms with Crippen molar-refractivity contribution in [3.63, 3.8) is 0 Å². The monoisotopic (exact) mass is 664 g/mol. The van der Waals surface area contributed by atoms with Gasteiger partial charge in [-0.2, -0.15) is 10.5 Å². The summed E-state index contributed by atoms with van der Waals surface area (Å²) >= 11 is 0. The van der Waals surface area contributed by atoms with Crippen molar-refractivity contribution in [2.24, 2.45) is 33.5 Å². The first-order valence-corrected chi connectivity index (χ1v) is 19.2. The quantitative estimate of drug-likeness (QED) is 0.292. The molecule has 50 heavy (non-hydrogen) atoms. The maximum absolute atomic E-state index is 9.97. The fraction of sp³-hybridized carbons (Fsp3) is 0.591. The third-order valence-electron chi connectivity index (χ3n) is 17.1. The van der Waals surface area contributed by atoms with Crippen molar-refractivity contribution >= 4 is 0 Å². The number of aryl methyl sites for hydroxylation is 2. The van der Waals surface area contributed by atoms with Crippen LogP contribution in [0.1, 0.15) is 72.9 Å². The van der Waals surface area contributed by atoms with Gasteiger partial charge < -0.3 is 19.3 Å². The molecular weight excluding hydrogens is 617 g/mol. The molecular formula is C44H48N4O2. The Hall–Kier alpha value is -3.58. The average Bonchev–Trinajstić information content (AvgIpc) is 3.68. The summed E-state index contributed by atoms with van der Waals surface area (Å²) in [4.78, 5) is 5.10. The number of fused-ring (bicyclic) bond motifs is 2. The van der Waals surface area contributed by atoms with Crippen molar-refractivity contribution in [2.75, 3.05) is 27.2 Å². The van der Waals surface area contributed by atoms with Crippen molar-refractivity contribution in [3.05, 3.63) is 82.0 Å². The lowest BCUT2D eigenvalue weighted by molar-refractivity contribution is -0.154. The highest BCUT2D eigenvalue weighted by molar-refractivity contribution is 5.64. The van der Waals surface area contributed by atoms with E-state index >= 15 is 0 Å². The fourth-order valence-electron chi connectivity index (χ4n) is 14.7. The summed E-state index contributed by atoms with van der Waals surface area (Å²) in [5.74, 6) is 2.37. The molecule has 0 unspecified atom stereocenters. The van der Waals surface area contributed by atoms with E-state index in [9.17, 15) is 10.5 Å². The second-order valence-corrected chi connectivity index (χ2v) is 18.6. The molecule has 14 rings (SSSR count). The molecule has 2 aromatic carbocycles. The van der Waals surface area contributed by atoms with E-state index in [2.05, 4.69) is 112 Å². The molecule has 0 radical (unpaired) electrons. The van der Waals surface area contributed by atoms with E-state index in [1.54, 1.807) is 0 Å². The van der Waals surface area contributed by atoms with Gasteiger partial charge in [-0.25, -0.2) is 0 Å². The maximum Gasteiger partial charge on any atom is 0.126 e. The molecule has 0 N–H and O–H groups in total. The first-order chi connectivity index (χ1) is 24.0. The highest BCUT2D eigenvalue weighted by Gasteiger charge is 2.79. The summed E-state index contributed by atoms with van der Waals surface area (Å²) in [5, 5.41) is 19.9. The first-order valence-electron chi connectivity index (χ1n) is 19.2. The lowest BCUT2D eigenvalue weighted by Crippen LogP contribution is -2.76. The maximum atomic E-state index is 9.97. The van der Waals surface area contributed by atoms with Gasteiger partial charge in [-0.1, -0.05) is 62.4 Å². The van der Waals surface area contributed by atoms with Gasteiger partial charge in [0, 0.05) is 55.7 Å². The second-order valence-electron chi connectivity index (χ2n) is 18.6. The van der Waals surface area contributed by atoms with E-state index < -0.39 is 0 Å². The summed E-state index contributed by atoms with van der Waals surface area (Å²) < 4.78 is 13.6. The SMILES string of the molecule is Cc1ccc2c3c1O[C@H]1[C@@]4(C)C=C[C@@]5(C[C@@H]4C#N)[C@@H](C2)N(C)CC[C@]315.Cc1ccc2c3c1O[C@H]1[C@@]4(C)C=C[C@@]5(C[C@H]4C#N)[C@@H](C2)N(C)CC[C@]315. The number of likely N-dealkylation sites (tertiary alicyclic amines) is 2. The van der Waals surface area contributed by atoms with Crippen molar-refractivity contribution < 1.29 is 9.47 Å². The van der Waals surface area contributed by atoms with Crippen molar-refractivity contribution in [2.45, 2.75) is 101 Å². The third kappa shape index (κ3) is 2.82. The number of nitriles is 2. The Morgan fingerprint density at radius 1 is 0.660 bits per heavy atom. The topological polar surface area (TPSA) is 72.5 Å². The van der Waals surface area contributed by atoms with E-state index in [1.165, 1.54) is 33.4 Å². The molecule has 256 valence electrons. The first kappa shape index (κ1) is 30.1. The fourth-order valence-corrected chi connectivity index (χ4v) is 14.7. The van der Waals surface area contributed by atoms with E-state index in [-0.39, 0.29) is 56.5 Å². The van der Waals surface area contributed by atoms with Gasteiger partial charge in [-0.15, -0.1) is 0 Å². The predicted molar refractivity (Wildman–Crippen MR) is 191 cm³/mol. The molecule has 8 bridgehead atoms. The lowest BCUT2D eigenvalue weighted by Gasteiger charge is -2.70. The Balaban J connectivity index is 0.000000120. The number of hydrogen-bond acceptors (Lipinski definition) is 6. The van der Waals surface area contributed by atoms with Crippen LogP contribution in [0.2, 0.25) is 0 Å². The Kier molecular flexibility index (Phi) is 5.35. The molecule has 0 amide bonds. The van der Waals surface area contributed by atoms with Gasteiger partial charge in [0.2, 0.25) is 0 Å². The molecule has 12 atom stereocenters. The number of hydrogen-bond donors (Lipinski definition) is 0. The van der Waals surface area contributed by atoms with E-state index in [4.69, 9.17) is 9.47 Å². The van der Waals surface area contributed by atoms with Crippen LogP contribution in [0, 0.1) is 70.0 Å². The van der Waals surface area contributed by atoms with Gasteiger partial charge in [0.1, 0.15) is 23.7 Å². The molecule has 4 heterocycles. The van der Waals surface area contributed by atoms with E-state index in [1.807, 2.05) is 0 Å². The molecule has 2 saturated carbocycles. The van der Waals surface area contributed by atoms with Crippen LogP contribution in [-0.2, 0) is 23.7 Å². The van der Waals surface area contributed by atoms with E-state index in [0.29, 0.717) is 12.1 Å². The molecule has 4 aliphatic heterocycles. The molecule has 6 heteroatoms. The number of likely N-dealkylation sites (N-methyl/N-ethyl adjacent to an activating group) is 2. The van der Waals surface area contributed by atoms with Crippen LogP contribution in [0.3, 0.4) is 0 Å². The number of ether oxygens (including phenoxy) is 2. The van der Waals surface area contributed by atoms with Gasteiger partial charge in [-0.3, -0.25) is 0 Å². The minimum absolute atomic E-state index is 0.0424. The Labute approximate surface area is 296 Å². The predicted octanol–water partition coefficient (Wildman–Crippen LogP) is 6.72. The van der Waals surface area contributed by atoms with Gasteiger partial charge >= 0.3 is 0 Å². The minimum Gasteiger partial charge on any atom is -0.488 e. The molecule has 6 nitrogen and oxygen atoms in total. The summed E-state index contributed by atoms with van der Waals surface area (Å²) in [6.45, 7) is 11.1. The van der Waals surface area contributed by atoms with Crippen molar-refractivity contribution in [1.82, 2.24) is 9.80 Å². The molecule has 2 saturated heterocycles. The summed E-state index contributed by atoms with van der Waals surface area (Å²) in [7, 11) is 4.55. The average molecular weight is 665 g/mol. The molecule has 12 aliphatic rings. The van der Waals surface area contributed by atoms with E-state index in [0.717, 1.165) is 63.1 Å². The molecule has 8 aliphatic carbocycles. The van der Waals surface area contributed by atoms with Crippen LogP contribution in [0.15, 0.2) is 48.6 Å². The Morgan fingerprint density at radius 3 is 1.48 bits per heavy atom. The van der Waals surface area contributed by atoms with Crippen LogP contribution in [0.4, 0.5) is 0 Å². The number of nitrogens with zero attached hydrogens (tertiary/aromatic N) is 4. The second kappa shape index (κ2) is 8.89. The zero-order chi connectivity index (χ0) is 34.4. The lowest BCUT2D eigenvalue weighted by atomic mass is 9.35. The largest absolute Gasteiger partial charge is 0.488 e. The van der Waals surface area contributed by atoms with Gasteiger partial charge in [0.15, 0.2) is 0 Å². The van der Waals surface area contributed by atoms with Crippen LogP contribution < -0.4 is 9.47 Å². The third-order valence-corrected chi connectivity index (χ3v) is 17.1. The summed E-state index contributed by atoms with van der Waals surface area (Å²) in [6.07, 6.45) is 16.4.